The van der Waals surface area contributed by atoms with Gasteiger partial charge in [0.25, 0.3) is 0 Å². The van der Waals surface area contributed by atoms with Crippen molar-refractivity contribution in [3.05, 3.63) is 36.5 Å². The molecule has 0 aromatic rings. The average molecular weight is 278 g/mol. The van der Waals surface area contributed by atoms with Crippen molar-refractivity contribution >= 4 is 0 Å². The molecule has 0 aromatic heterocycles. The van der Waals surface area contributed by atoms with Gasteiger partial charge in [0.2, 0.25) is 0 Å². The molecule has 20 heavy (non-hydrogen) atoms. The predicted molar refractivity (Wildman–Crippen MR) is 91.1 cm³/mol. The molecule has 0 radical (unpaired) electrons. The maximum absolute atomic E-state index is 5.03. The molecule has 0 aliphatic carbocycles. The van der Waals surface area contributed by atoms with Crippen molar-refractivity contribution in [2.45, 2.75) is 71.1 Å². The first-order valence-corrected chi connectivity index (χ1v) is 8.35. The summed E-state index contributed by atoms with van der Waals surface area (Å²) in [5.41, 5.74) is 0. The number of unbranched alkanes of at least 4 members (excludes halogenated alkanes) is 6. The van der Waals surface area contributed by atoms with Crippen molar-refractivity contribution in [1.82, 2.24) is 0 Å². The SMILES string of the molecule is CCCCCC=CCC=CC/C=C\CCCCCOC. The van der Waals surface area contributed by atoms with Gasteiger partial charge in [-0.2, -0.15) is 0 Å². The fourth-order valence-electron chi connectivity index (χ4n) is 1.98. The van der Waals surface area contributed by atoms with Gasteiger partial charge in [-0.3, -0.25) is 0 Å². The van der Waals surface area contributed by atoms with Crippen LogP contribution in [0.3, 0.4) is 0 Å². The van der Waals surface area contributed by atoms with Crippen molar-refractivity contribution in [2.75, 3.05) is 13.7 Å². The minimum absolute atomic E-state index is 0.901. The van der Waals surface area contributed by atoms with Gasteiger partial charge in [0.15, 0.2) is 0 Å². The van der Waals surface area contributed by atoms with E-state index in [9.17, 15) is 0 Å². The second kappa shape index (κ2) is 18.2. The monoisotopic (exact) mass is 278 g/mol. The van der Waals surface area contributed by atoms with Crippen molar-refractivity contribution in [3.63, 3.8) is 0 Å². The van der Waals surface area contributed by atoms with E-state index >= 15 is 0 Å². The topological polar surface area (TPSA) is 9.23 Å². The fourth-order valence-corrected chi connectivity index (χ4v) is 1.98. The van der Waals surface area contributed by atoms with E-state index in [1.165, 1.54) is 51.4 Å². The number of allylic oxidation sites excluding steroid dienone is 6. The largest absolute Gasteiger partial charge is 0.385 e. The van der Waals surface area contributed by atoms with E-state index < -0.39 is 0 Å². The van der Waals surface area contributed by atoms with E-state index in [1.54, 1.807) is 7.11 Å². The van der Waals surface area contributed by atoms with Gasteiger partial charge in [-0.15, -0.1) is 0 Å². The van der Waals surface area contributed by atoms with E-state index in [2.05, 4.69) is 43.4 Å². The molecule has 0 rings (SSSR count). The lowest BCUT2D eigenvalue weighted by molar-refractivity contribution is 0.192. The predicted octanol–water partition coefficient (Wildman–Crippen LogP) is 6.22. The van der Waals surface area contributed by atoms with Crippen LogP contribution in [0.5, 0.6) is 0 Å². The number of ether oxygens (including phenoxy) is 1. The van der Waals surface area contributed by atoms with Crippen LogP contribution < -0.4 is 0 Å². The lowest BCUT2D eigenvalue weighted by Gasteiger charge is -1.96. The average Bonchev–Trinajstić information content (AvgIpc) is 2.47. The van der Waals surface area contributed by atoms with Gasteiger partial charge >= 0.3 is 0 Å². The summed E-state index contributed by atoms with van der Waals surface area (Å²) in [6, 6.07) is 0. The number of hydrogen-bond acceptors (Lipinski definition) is 1. The standard InChI is InChI=1S/C19H34O/c1-3-4-5-6-7-8-9-10-11-12-13-14-15-16-17-18-19-20-2/h7-8,10-11,13-14H,3-6,9,12,15-19H2,1-2H3/b8-7?,11-10?,14-13-. The molecule has 0 bridgehead atoms. The highest BCUT2D eigenvalue weighted by atomic mass is 16.5. The highest BCUT2D eigenvalue weighted by Crippen LogP contribution is 2.02. The van der Waals surface area contributed by atoms with Crippen LogP contribution in [-0.4, -0.2) is 13.7 Å². The Morgan fingerprint density at radius 3 is 1.75 bits per heavy atom. The third-order valence-corrected chi connectivity index (χ3v) is 3.24. The van der Waals surface area contributed by atoms with Gasteiger partial charge in [-0.25, -0.2) is 0 Å². The Morgan fingerprint density at radius 2 is 1.20 bits per heavy atom. The Bertz CT molecular complexity index is 250. The maximum Gasteiger partial charge on any atom is 0.0462 e. The van der Waals surface area contributed by atoms with Crippen LogP contribution in [0.1, 0.15) is 71.1 Å². The normalized spacial score (nSPS) is 12.3. The summed E-state index contributed by atoms with van der Waals surface area (Å²) in [4.78, 5) is 0. The van der Waals surface area contributed by atoms with Crippen LogP contribution in [-0.2, 0) is 4.74 Å². The molecule has 0 aliphatic heterocycles. The van der Waals surface area contributed by atoms with Crippen LogP contribution in [0.2, 0.25) is 0 Å². The lowest BCUT2D eigenvalue weighted by Crippen LogP contribution is -1.87. The van der Waals surface area contributed by atoms with Gasteiger partial charge in [0, 0.05) is 13.7 Å². The molecule has 0 spiro atoms. The molecule has 1 heteroatoms. The maximum atomic E-state index is 5.03. The van der Waals surface area contributed by atoms with Crippen molar-refractivity contribution in [1.29, 1.82) is 0 Å². The van der Waals surface area contributed by atoms with Crippen molar-refractivity contribution in [2.24, 2.45) is 0 Å². The molecule has 0 amide bonds. The first-order chi connectivity index (χ1) is 9.91. The summed E-state index contributed by atoms with van der Waals surface area (Å²) < 4.78 is 5.03. The van der Waals surface area contributed by atoms with E-state index in [1.807, 2.05) is 0 Å². The van der Waals surface area contributed by atoms with Crippen LogP contribution in [0, 0.1) is 0 Å². The summed E-state index contributed by atoms with van der Waals surface area (Å²) >= 11 is 0. The minimum Gasteiger partial charge on any atom is -0.385 e. The number of methoxy groups -OCH3 is 1. The van der Waals surface area contributed by atoms with Gasteiger partial charge < -0.3 is 4.74 Å². The van der Waals surface area contributed by atoms with Crippen LogP contribution in [0.15, 0.2) is 36.5 Å². The van der Waals surface area contributed by atoms with Crippen LogP contribution in [0.25, 0.3) is 0 Å². The van der Waals surface area contributed by atoms with E-state index in [0.717, 1.165) is 19.4 Å². The Labute approximate surface area is 126 Å². The highest BCUT2D eigenvalue weighted by molar-refractivity contribution is 4.97. The van der Waals surface area contributed by atoms with Crippen LogP contribution in [0.4, 0.5) is 0 Å². The molecule has 0 heterocycles. The summed E-state index contributed by atoms with van der Waals surface area (Å²) in [7, 11) is 1.77. The van der Waals surface area contributed by atoms with Crippen molar-refractivity contribution < 1.29 is 4.74 Å². The van der Waals surface area contributed by atoms with E-state index in [-0.39, 0.29) is 0 Å². The molecule has 0 N–H and O–H groups in total. The molecule has 0 saturated heterocycles. The molecule has 0 aromatic carbocycles. The molecule has 0 aliphatic rings. The third kappa shape index (κ3) is 17.2. The van der Waals surface area contributed by atoms with Gasteiger partial charge in [-0.1, -0.05) is 62.6 Å². The molecule has 116 valence electrons. The number of rotatable bonds is 14. The summed E-state index contributed by atoms with van der Waals surface area (Å²) in [5.74, 6) is 0. The van der Waals surface area contributed by atoms with Crippen LogP contribution >= 0.6 is 0 Å². The van der Waals surface area contributed by atoms with Gasteiger partial charge in [0.1, 0.15) is 0 Å². The first-order valence-electron chi connectivity index (χ1n) is 8.35. The fraction of sp³-hybridized carbons (Fsp3) is 0.684. The molecular formula is C19H34O. The summed E-state index contributed by atoms with van der Waals surface area (Å²) in [6.07, 6.45) is 26.1. The van der Waals surface area contributed by atoms with Gasteiger partial charge in [0.05, 0.1) is 0 Å². The minimum atomic E-state index is 0.901. The zero-order valence-corrected chi connectivity index (χ0v) is 13.7. The second-order valence-electron chi connectivity index (χ2n) is 5.22. The molecule has 0 fully saturated rings. The summed E-state index contributed by atoms with van der Waals surface area (Å²) in [5, 5.41) is 0. The first kappa shape index (κ1) is 19.2. The zero-order chi connectivity index (χ0) is 14.7. The number of hydrogen-bond donors (Lipinski definition) is 0. The Hall–Kier alpha value is -0.820. The second-order valence-corrected chi connectivity index (χ2v) is 5.22. The lowest BCUT2D eigenvalue weighted by atomic mass is 10.2. The molecule has 0 saturated carbocycles. The highest BCUT2D eigenvalue weighted by Gasteiger charge is 1.86. The molecule has 0 unspecified atom stereocenters. The molecule has 1 nitrogen and oxygen atoms in total. The quantitative estimate of drug-likeness (QED) is 0.270. The zero-order valence-electron chi connectivity index (χ0n) is 13.7. The Morgan fingerprint density at radius 1 is 0.650 bits per heavy atom. The van der Waals surface area contributed by atoms with E-state index in [0.29, 0.717) is 0 Å². The summed E-state index contributed by atoms with van der Waals surface area (Å²) in [6.45, 7) is 3.15. The Kier molecular flexibility index (Phi) is 17.4. The van der Waals surface area contributed by atoms with Gasteiger partial charge in [-0.05, 0) is 44.9 Å². The third-order valence-electron chi connectivity index (χ3n) is 3.24. The Balaban J connectivity index is 3.25. The molecule has 0 atom stereocenters. The smallest absolute Gasteiger partial charge is 0.0462 e. The van der Waals surface area contributed by atoms with E-state index in [4.69, 9.17) is 4.74 Å². The van der Waals surface area contributed by atoms with Crippen molar-refractivity contribution in [3.8, 4) is 0 Å². The molecular weight excluding hydrogens is 244 g/mol.